The summed E-state index contributed by atoms with van der Waals surface area (Å²) in [5.74, 6) is 0.565. The highest BCUT2D eigenvalue weighted by atomic mass is 16.3. The Morgan fingerprint density at radius 1 is 1.45 bits per heavy atom. The van der Waals surface area contributed by atoms with E-state index in [4.69, 9.17) is 5.11 Å². The fourth-order valence-corrected chi connectivity index (χ4v) is 1.97. The second-order valence-corrected chi connectivity index (χ2v) is 3.65. The number of nitrogens with one attached hydrogen (secondary N) is 1. The topological polar surface area (TPSA) is 35.5 Å². The number of hydrogen-bond donors (Lipinski definition) is 2. The summed E-state index contributed by atoms with van der Waals surface area (Å²) in [6.07, 6.45) is 1.29. The summed E-state index contributed by atoms with van der Waals surface area (Å²) in [5, 5.41) is 12.2. The van der Waals surface area contributed by atoms with Crippen LogP contribution in [0.3, 0.4) is 0 Å². The molecule has 2 aliphatic rings. The molecule has 0 spiro atoms. The average Bonchev–Trinajstić information content (AvgIpc) is 2.37. The van der Waals surface area contributed by atoms with Crippen LogP contribution in [0.2, 0.25) is 0 Å². The Morgan fingerprint density at radius 3 is 2.82 bits per heavy atom. The van der Waals surface area contributed by atoms with Gasteiger partial charge in [0.05, 0.1) is 0 Å². The third kappa shape index (κ3) is 1.41. The summed E-state index contributed by atoms with van der Waals surface area (Å²) < 4.78 is 0. The molecule has 0 aliphatic carbocycles. The van der Waals surface area contributed by atoms with Gasteiger partial charge in [-0.2, -0.15) is 0 Å². The molecule has 64 valence electrons. The molecule has 11 heavy (non-hydrogen) atoms. The summed E-state index contributed by atoms with van der Waals surface area (Å²) in [6, 6.07) is 0.762. The van der Waals surface area contributed by atoms with Crippen molar-refractivity contribution < 1.29 is 5.11 Å². The minimum atomic E-state index is 0.372. The van der Waals surface area contributed by atoms with Gasteiger partial charge in [0.1, 0.15) is 0 Å². The van der Waals surface area contributed by atoms with E-state index in [-0.39, 0.29) is 0 Å². The molecule has 0 aromatic rings. The van der Waals surface area contributed by atoms with Gasteiger partial charge in [-0.1, -0.05) is 0 Å². The minimum Gasteiger partial charge on any atom is -0.396 e. The van der Waals surface area contributed by atoms with Crippen molar-refractivity contribution in [2.24, 2.45) is 5.92 Å². The number of likely N-dealkylation sites (tertiary alicyclic amines) is 1. The van der Waals surface area contributed by atoms with Crippen molar-refractivity contribution in [3.8, 4) is 0 Å². The Kier molecular flexibility index (Phi) is 2.11. The molecule has 0 bridgehead atoms. The van der Waals surface area contributed by atoms with Gasteiger partial charge in [-0.05, 0) is 13.0 Å². The molecule has 2 fully saturated rings. The van der Waals surface area contributed by atoms with E-state index in [9.17, 15) is 0 Å². The summed E-state index contributed by atoms with van der Waals surface area (Å²) in [5.41, 5.74) is 0. The lowest BCUT2D eigenvalue weighted by Crippen LogP contribution is -2.53. The number of rotatable bonds is 2. The van der Waals surface area contributed by atoms with E-state index >= 15 is 0 Å². The second-order valence-electron chi connectivity index (χ2n) is 3.65. The lowest BCUT2D eigenvalue weighted by Gasteiger charge is -2.42. The molecule has 1 atom stereocenters. The van der Waals surface area contributed by atoms with Crippen LogP contribution < -0.4 is 5.32 Å². The Hall–Kier alpha value is -0.120. The SMILES string of the molecule is OCC1CN([C@@H]2CCNC2)C1. The number of nitrogens with zero attached hydrogens (tertiary/aromatic N) is 1. The first-order chi connectivity index (χ1) is 5.40. The second kappa shape index (κ2) is 3.09. The van der Waals surface area contributed by atoms with Crippen molar-refractivity contribution in [3.63, 3.8) is 0 Å². The van der Waals surface area contributed by atoms with Crippen LogP contribution in [0, 0.1) is 5.92 Å². The summed E-state index contributed by atoms with van der Waals surface area (Å²) in [6.45, 7) is 4.92. The first kappa shape index (κ1) is 7.53. The minimum absolute atomic E-state index is 0.372. The van der Waals surface area contributed by atoms with E-state index in [1.54, 1.807) is 0 Å². The van der Waals surface area contributed by atoms with Gasteiger partial charge in [0.2, 0.25) is 0 Å². The standard InChI is InChI=1S/C8H16N2O/c11-6-7-4-10(5-7)8-1-2-9-3-8/h7-9,11H,1-6H2/t8-/m1/s1. The Morgan fingerprint density at radius 2 is 2.27 bits per heavy atom. The monoisotopic (exact) mass is 156 g/mol. The average molecular weight is 156 g/mol. The van der Waals surface area contributed by atoms with Crippen LogP contribution in [0.25, 0.3) is 0 Å². The molecule has 0 saturated carbocycles. The predicted octanol–water partition coefficient (Wildman–Crippen LogP) is -0.728. The smallest absolute Gasteiger partial charge is 0.0483 e. The third-order valence-electron chi connectivity index (χ3n) is 2.79. The van der Waals surface area contributed by atoms with Crippen LogP contribution in [0.4, 0.5) is 0 Å². The van der Waals surface area contributed by atoms with E-state index in [2.05, 4.69) is 10.2 Å². The fourth-order valence-electron chi connectivity index (χ4n) is 1.97. The maximum atomic E-state index is 8.80. The van der Waals surface area contributed by atoms with Gasteiger partial charge in [-0.3, -0.25) is 4.90 Å². The Balaban J connectivity index is 1.73. The summed E-state index contributed by atoms with van der Waals surface area (Å²) in [4.78, 5) is 2.47. The van der Waals surface area contributed by atoms with Crippen LogP contribution in [-0.2, 0) is 0 Å². The zero-order chi connectivity index (χ0) is 7.68. The van der Waals surface area contributed by atoms with Crippen LogP contribution in [0.15, 0.2) is 0 Å². The van der Waals surface area contributed by atoms with Gasteiger partial charge in [0.25, 0.3) is 0 Å². The Bertz CT molecular complexity index is 128. The van der Waals surface area contributed by atoms with E-state index < -0.39 is 0 Å². The van der Waals surface area contributed by atoms with Crippen LogP contribution in [-0.4, -0.2) is 48.8 Å². The van der Waals surface area contributed by atoms with E-state index in [1.165, 1.54) is 13.0 Å². The molecular weight excluding hydrogens is 140 g/mol. The molecule has 0 aromatic heterocycles. The quantitative estimate of drug-likeness (QED) is 0.553. The van der Waals surface area contributed by atoms with Crippen molar-refractivity contribution in [1.29, 1.82) is 0 Å². The lowest BCUT2D eigenvalue weighted by molar-refractivity contribution is 0.0256. The fraction of sp³-hybridized carbons (Fsp3) is 1.00. The number of hydrogen-bond acceptors (Lipinski definition) is 3. The highest BCUT2D eigenvalue weighted by Gasteiger charge is 2.32. The van der Waals surface area contributed by atoms with Crippen LogP contribution in [0.1, 0.15) is 6.42 Å². The molecule has 2 saturated heterocycles. The van der Waals surface area contributed by atoms with Gasteiger partial charge in [-0.15, -0.1) is 0 Å². The summed E-state index contributed by atoms with van der Waals surface area (Å²) in [7, 11) is 0. The van der Waals surface area contributed by atoms with Crippen molar-refractivity contribution in [2.45, 2.75) is 12.5 Å². The number of aliphatic hydroxyl groups is 1. The van der Waals surface area contributed by atoms with Gasteiger partial charge >= 0.3 is 0 Å². The lowest BCUT2D eigenvalue weighted by atomic mass is 9.98. The Labute approximate surface area is 67.4 Å². The van der Waals surface area contributed by atoms with E-state index in [1.807, 2.05) is 0 Å². The van der Waals surface area contributed by atoms with Crippen molar-refractivity contribution in [3.05, 3.63) is 0 Å². The number of aliphatic hydroxyl groups excluding tert-OH is 1. The molecule has 0 amide bonds. The van der Waals surface area contributed by atoms with Crippen LogP contribution >= 0.6 is 0 Å². The normalized spacial score (nSPS) is 34.1. The molecule has 0 radical (unpaired) electrons. The third-order valence-corrected chi connectivity index (χ3v) is 2.79. The molecule has 2 rings (SSSR count). The highest BCUT2D eigenvalue weighted by Crippen LogP contribution is 2.20. The molecule has 3 heteroatoms. The highest BCUT2D eigenvalue weighted by molar-refractivity contribution is 4.89. The van der Waals surface area contributed by atoms with Crippen molar-refractivity contribution in [1.82, 2.24) is 10.2 Å². The van der Waals surface area contributed by atoms with Gasteiger partial charge < -0.3 is 10.4 Å². The van der Waals surface area contributed by atoms with Crippen molar-refractivity contribution in [2.75, 3.05) is 32.8 Å². The molecule has 2 aliphatic heterocycles. The van der Waals surface area contributed by atoms with Gasteiger partial charge in [0.15, 0.2) is 0 Å². The first-order valence-corrected chi connectivity index (χ1v) is 4.46. The first-order valence-electron chi connectivity index (χ1n) is 4.46. The zero-order valence-electron chi connectivity index (χ0n) is 6.79. The zero-order valence-corrected chi connectivity index (χ0v) is 6.79. The van der Waals surface area contributed by atoms with Gasteiger partial charge in [0, 0.05) is 38.2 Å². The molecule has 0 aromatic carbocycles. The maximum Gasteiger partial charge on any atom is 0.0483 e. The molecule has 0 unspecified atom stereocenters. The largest absolute Gasteiger partial charge is 0.396 e. The molecule has 3 nitrogen and oxygen atoms in total. The maximum absolute atomic E-state index is 8.80. The van der Waals surface area contributed by atoms with Crippen LogP contribution in [0.5, 0.6) is 0 Å². The molecule has 2 heterocycles. The van der Waals surface area contributed by atoms with E-state index in [0.29, 0.717) is 12.5 Å². The van der Waals surface area contributed by atoms with Gasteiger partial charge in [-0.25, -0.2) is 0 Å². The predicted molar refractivity (Wildman–Crippen MR) is 43.4 cm³/mol. The summed E-state index contributed by atoms with van der Waals surface area (Å²) >= 11 is 0. The van der Waals surface area contributed by atoms with E-state index in [0.717, 1.165) is 25.7 Å². The van der Waals surface area contributed by atoms with Crippen molar-refractivity contribution >= 4 is 0 Å². The molecular formula is C8H16N2O. The molecule has 2 N–H and O–H groups in total.